The van der Waals surface area contributed by atoms with Gasteiger partial charge in [-0.3, -0.25) is 10.1 Å². The number of hydrogen-bond acceptors (Lipinski definition) is 5. The van der Waals surface area contributed by atoms with Gasteiger partial charge in [0.2, 0.25) is 5.88 Å². The molecule has 0 aliphatic carbocycles. The molecule has 7 nitrogen and oxygen atoms in total. The average Bonchev–Trinajstić information content (AvgIpc) is 2.71. The summed E-state index contributed by atoms with van der Waals surface area (Å²) in [4.78, 5) is 31.4. The first-order chi connectivity index (χ1) is 15.4. The number of aromatic nitrogens is 2. The van der Waals surface area contributed by atoms with Crippen molar-refractivity contribution in [1.82, 2.24) is 15.3 Å². The highest BCUT2D eigenvalue weighted by Gasteiger charge is 2.32. The van der Waals surface area contributed by atoms with E-state index in [1.165, 1.54) is 30.5 Å². The maximum atomic E-state index is 12.7. The van der Waals surface area contributed by atoms with E-state index in [0.29, 0.717) is 12.3 Å². The van der Waals surface area contributed by atoms with Crippen LogP contribution in [0.15, 0.2) is 42.7 Å². The van der Waals surface area contributed by atoms with Gasteiger partial charge in [-0.05, 0) is 30.3 Å². The zero-order chi connectivity index (χ0) is 24.3. The van der Waals surface area contributed by atoms with Crippen LogP contribution in [0.1, 0.15) is 15.9 Å². The Labute approximate surface area is 203 Å². The molecule has 0 spiro atoms. The molecule has 0 bridgehead atoms. The molecule has 0 fully saturated rings. The molecule has 3 amide bonds. The van der Waals surface area contributed by atoms with Crippen molar-refractivity contribution in [2.45, 2.75) is 6.18 Å². The highest BCUT2D eigenvalue weighted by atomic mass is 35.5. The number of imide groups is 1. The predicted octanol–water partition coefficient (Wildman–Crippen LogP) is 6.86. The van der Waals surface area contributed by atoms with Crippen molar-refractivity contribution in [1.29, 1.82) is 0 Å². The van der Waals surface area contributed by atoms with Crippen molar-refractivity contribution in [2.75, 3.05) is 5.32 Å². The molecular weight excluding hydrogens is 531 g/mol. The lowest BCUT2D eigenvalue weighted by Gasteiger charge is -2.13. The summed E-state index contributed by atoms with van der Waals surface area (Å²) in [5.41, 5.74) is -0.884. The lowest BCUT2D eigenvalue weighted by Crippen LogP contribution is -2.34. The Morgan fingerprint density at radius 2 is 1.58 bits per heavy atom. The Bertz CT molecular complexity index is 1200. The fourth-order valence-electron chi connectivity index (χ4n) is 2.33. The van der Waals surface area contributed by atoms with Crippen LogP contribution in [-0.2, 0) is 6.18 Å². The van der Waals surface area contributed by atoms with Crippen molar-refractivity contribution in [3.8, 4) is 11.6 Å². The second-order valence-corrected chi connectivity index (χ2v) is 7.77. The van der Waals surface area contributed by atoms with E-state index in [1.807, 2.05) is 0 Å². The van der Waals surface area contributed by atoms with E-state index in [9.17, 15) is 22.8 Å². The summed E-state index contributed by atoms with van der Waals surface area (Å²) in [7, 11) is 0. The zero-order valence-corrected chi connectivity index (χ0v) is 18.8. The van der Waals surface area contributed by atoms with Crippen molar-refractivity contribution in [3.05, 3.63) is 74.1 Å². The number of urea groups is 1. The zero-order valence-electron chi connectivity index (χ0n) is 15.8. The number of alkyl halides is 3. The Morgan fingerprint density at radius 1 is 0.909 bits per heavy atom. The van der Waals surface area contributed by atoms with Crippen molar-refractivity contribution < 1.29 is 27.5 Å². The van der Waals surface area contributed by atoms with Crippen LogP contribution in [0.2, 0.25) is 20.2 Å². The Kier molecular flexibility index (Phi) is 7.53. The van der Waals surface area contributed by atoms with Gasteiger partial charge in [0, 0.05) is 18.1 Å². The fourth-order valence-corrected chi connectivity index (χ4v) is 3.21. The molecule has 172 valence electrons. The van der Waals surface area contributed by atoms with E-state index in [4.69, 9.17) is 51.1 Å². The number of nitrogens with one attached hydrogen (secondary N) is 2. The molecule has 2 aromatic heterocycles. The number of ether oxygens (including phenoxy) is 1. The van der Waals surface area contributed by atoms with Crippen molar-refractivity contribution >= 4 is 64.0 Å². The normalized spacial score (nSPS) is 11.1. The molecule has 0 atom stereocenters. The van der Waals surface area contributed by atoms with Crippen LogP contribution in [0.5, 0.6) is 11.6 Å². The maximum absolute atomic E-state index is 12.7. The minimum atomic E-state index is -4.64. The molecule has 0 aliphatic heterocycles. The van der Waals surface area contributed by atoms with Crippen molar-refractivity contribution in [3.63, 3.8) is 0 Å². The van der Waals surface area contributed by atoms with Crippen LogP contribution in [0.3, 0.4) is 0 Å². The number of hydrogen-bond donors (Lipinski definition) is 2. The van der Waals surface area contributed by atoms with Gasteiger partial charge in [0.25, 0.3) is 5.91 Å². The summed E-state index contributed by atoms with van der Waals surface area (Å²) in [5.74, 6) is -1.27. The van der Waals surface area contributed by atoms with Gasteiger partial charge in [0.15, 0.2) is 5.75 Å². The summed E-state index contributed by atoms with van der Waals surface area (Å²) < 4.78 is 43.6. The van der Waals surface area contributed by atoms with Gasteiger partial charge in [-0.15, -0.1) is 0 Å². The summed E-state index contributed by atoms with van der Waals surface area (Å²) in [6.45, 7) is 0. The summed E-state index contributed by atoms with van der Waals surface area (Å²) >= 11 is 23.7. The third kappa shape index (κ3) is 6.38. The molecule has 0 saturated carbocycles. The monoisotopic (exact) mass is 538 g/mol. The Hall–Kier alpha value is -2.79. The number of nitrogens with zero attached hydrogens (tertiary/aromatic N) is 2. The van der Waals surface area contributed by atoms with Gasteiger partial charge >= 0.3 is 12.2 Å². The lowest BCUT2D eigenvalue weighted by atomic mass is 10.2. The van der Waals surface area contributed by atoms with E-state index in [2.05, 4.69) is 20.6 Å². The molecule has 33 heavy (non-hydrogen) atoms. The average molecular weight is 540 g/mol. The standard InChI is InChI=1S/C19H9Cl4F3N4O3/c20-11-4-10(29-18(32)30-16(31)8-1-2-14(23)27-6-8)5-12(21)15(11)33-17-13(22)3-9(7-28-17)19(24,25)26/h1-7H,(H2,29,30,31,32). The molecule has 2 heterocycles. The first-order valence-electron chi connectivity index (χ1n) is 8.57. The minimum absolute atomic E-state index is 0.0864. The summed E-state index contributed by atoms with van der Waals surface area (Å²) in [5, 5.41) is 3.94. The maximum Gasteiger partial charge on any atom is 0.417 e. The predicted molar refractivity (Wildman–Crippen MR) is 117 cm³/mol. The Morgan fingerprint density at radius 3 is 2.12 bits per heavy atom. The smallest absolute Gasteiger partial charge is 0.417 e. The second kappa shape index (κ2) is 10.0. The van der Waals surface area contributed by atoms with Crippen molar-refractivity contribution in [2.24, 2.45) is 0 Å². The molecule has 1 aromatic carbocycles. The van der Waals surface area contributed by atoms with Gasteiger partial charge in [-0.2, -0.15) is 13.2 Å². The van der Waals surface area contributed by atoms with E-state index >= 15 is 0 Å². The van der Waals surface area contributed by atoms with E-state index in [0.717, 1.165) is 0 Å². The fraction of sp³-hybridized carbons (Fsp3) is 0.0526. The van der Waals surface area contributed by atoms with Gasteiger partial charge in [0.05, 0.1) is 21.2 Å². The summed E-state index contributed by atoms with van der Waals surface area (Å²) in [6.07, 6.45) is -2.91. The van der Waals surface area contributed by atoms with Crippen LogP contribution < -0.4 is 15.4 Å². The first kappa shape index (κ1) is 24.8. The molecule has 0 aliphatic rings. The topological polar surface area (TPSA) is 93.2 Å². The molecule has 14 heteroatoms. The highest BCUT2D eigenvalue weighted by Crippen LogP contribution is 2.41. The number of pyridine rings is 2. The molecule has 0 radical (unpaired) electrons. The molecular formula is C19H9Cl4F3N4O3. The van der Waals surface area contributed by atoms with Gasteiger partial charge in [-0.25, -0.2) is 14.8 Å². The Balaban J connectivity index is 1.71. The number of carbonyl (C=O) groups excluding carboxylic acids is 2. The van der Waals surface area contributed by atoms with Crippen LogP contribution in [0.25, 0.3) is 0 Å². The number of anilines is 1. The number of halogens is 7. The number of rotatable bonds is 4. The van der Waals surface area contributed by atoms with Crippen LogP contribution >= 0.6 is 46.4 Å². The minimum Gasteiger partial charge on any atom is -0.434 e. The largest absolute Gasteiger partial charge is 0.434 e. The van der Waals surface area contributed by atoms with E-state index in [1.54, 1.807) is 0 Å². The van der Waals surface area contributed by atoms with Crippen LogP contribution in [-0.4, -0.2) is 21.9 Å². The number of benzene rings is 1. The third-order valence-corrected chi connectivity index (χ3v) is 4.86. The molecule has 0 unspecified atom stereocenters. The third-order valence-electron chi connectivity index (χ3n) is 3.81. The first-order valence-corrected chi connectivity index (χ1v) is 10.1. The molecule has 0 saturated heterocycles. The molecule has 2 N–H and O–H groups in total. The van der Waals surface area contributed by atoms with Gasteiger partial charge in [0.1, 0.15) is 10.2 Å². The SMILES string of the molecule is O=C(NC(=O)c1ccc(Cl)nc1)Nc1cc(Cl)c(Oc2ncc(C(F)(F)F)cc2Cl)c(Cl)c1. The molecule has 3 rings (SSSR count). The van der Waals surface area contributed by atoms with Crippen LogP contribution in [0, 0.1) is 0 Å². The van der Waals surface area contributed by atoms with E-state index in [-0.39, 0.29) is 38.1 Å². The number of amides is 3. The van der Waals surface area contributed by atoms with Crippen LogP contribution in [0.4, 0.5) is 23.7 Å². The van der Waals surface area contributed by atoms with Gasteiger partial charge in [-0.1, -0.05) is 46.4 Å². The summed E-state index contributed by atoms with van der Waals surface area (Å²) in [6, 6.07) is 4.95. The quantitative estimate of drug-likeness (QED) is 0.353. The van der Waals surface area contributed by atoms with E-state index < -0.39 is 28.7 Å². The molecule has 3 aromatic rings. The van der Waals surface area contributed by atoms with Gasteiger partial charge < -0.3 is 10.1 Å². The highest BCUT2D eigenvalue weighted by molar-refractivity contribution is 6.38. The second-order valence-electron chi connectivity index (χ2n) is 6.16. The number of carbonyl (C=O) groups is 2. The lowest BCUT2D eigenvalue weighted by molar-refractivity contribution is -0.137.